The molecule has 0 unspecified atom stereocenters. The largest absolute Gasteiger partial charge is 0.496 e. The zero-order valence-corrected chi connectivity index (χ0v) is 15.7. The Morgan fingerprint density at radius 1 is 0.960 bits per heavy atom. The third-order valence-corrected chi connectivity index (χ3v) is 4.49. The molecule has 0 bridgehead atoms. The predicted molar refractivity (Wildman–Crippen MR) is 102 cm³/mol. The second-order valence-electron chi connectivity index (χ2n) is 5.10. The van der Waals surface area contributed by atoms with E-state index in [0.29, 0.717) is 22.8 Å². The van der Waals surface area contributed by atoms with Crippen LogP contribution >= 0.6 is 11.8 Å². The molecule has 0 radical (unpaired) electrons. The molecule has 0 saturated heterocycles. The minimum atomic E-state index is -0.0649. The summed E-state index contributed by atoms with van der Waals surface area (Å²) in [5.41, 5.74) is 1.39. The van der Waals surface area contributed by atoms with Crippen molar-refractivity contribution in [3.8, 4) is 17.2 Å². The second kappa shape index (κ2) is 9.18. The fraction of sp³-hybridized carbons (Fsp3) is 0.250. The number of carbonyl (C=O) groups is 1. The fourth-order valence-corrected chi connectivity index (χ4v) is 2.99. The molecule has 0 saturated carbocycles. The maximum atomic E-state index is 12.4. The summed E-state index contributed by atoms with van der Waals surface area (Å²) in [7, 11) is 4.71. The fourth-order valence-electron chi connectivity index (χ4n) is 2.33. The first-order chi connectivity index (χ1) is 12.1. The van der Waals surface area contributed by atoms with E-state index in [2.05, 4.69) is 6.92 Å². The molecule has 25 heavy (non-hydrogen) atoms. The molecule has 0 N–H and O–H groups in total. The van der Waals surface area contributed by atoms with Crippen LogP contribution in [0.4, 0.5) is 0 Å². The average Bonchev–Trinajstić information content (AvgIpc) is 2.66. The van der Waals surface area contributed by atoms with Crippen molar-refractivity contribution in [1.82, 2.24) is 0 Å². The molecule has 0 aliphatic carbocycles. The smallest absolute Gasteiger partial charge is 0.185 e. The van der Waals surface area contributed by atoms with E-state index in [0.717, 1.165) is 16.2 Å². The van der Waals surface area contributed by atoms with Crippen molar-refractivity contribution in [2.24, 2.45) is 0 Å². The van der Waals surface area contributed by atoms with Gasteiger partial charge in [0, 0.05) is 22.1 Å². The molecule has 5 heteroatoms. The van der Waals surface area contributed by atoms with Gasteiger partial charge in [0.15, 0.2) is 17.3 Å². The number of rotatable bonds is 8. The lowest BCUT2D eigenvalue weighted by atomic mass is 10.1. The number of ketones is 1. The van der Waals surface area contributed by atoms with Crippen LogP contribution in [-0.2, 0) is 0 Å². The Hall–Kier alpha value is -2.40. The van der Waals surface area contributed by atoms with Crippen molar-refractivity contribution in [2.75, 3.05) is 27.1 Å². The molecule has 2 aromatic rings. The van der Waals surface area contributed by atoms with E-state index in [1.807, 2.05) is 24.3 Å². The Morgan fingerprint density at radius 3 is 2.12 bits per heavy atom. The van der Waals surface area contributed by atoms with E-state index in [9.17, 15) is 4.79 Å². The lowest BCUT2D eigenvalue weighted by Crippen LogP contribution is -1.96. The van der Waals surface area contributed by atoms with Gasteiger partial charge < -0.3 is 14.2 Å². The Bertz CT molecular complexity index is 751. The summed E-state index contributed by atoms with van der Waals surface area (Å²) in [5.74, 6) is 2.70. The van der Waals surface area contributed by atoms with Crippen molar-refractivity contribution in [3.05, 3.63) is 53.6 Å². The highest BCUT2D eigenvalue weighted by Crippen LogP contribution is 2.35. The summed E-state index contributed by atoms with van der Waals surface area (Å²) in [6.07, 6.45) is 3.25. The van der Waals surface area contributed by atoms with Crippen LogP contribution in [0.2, 0.25) is 0 Å². The number of benzene rings is 2. The first-order valence-corrected chi connectivity index (χ1v) is 8.86. The molecular weight excluding hydrogens is 336 g/mol. The minimum absolute atomic E-state index is 0.0649. The van der Waals surface area contributed by atoms with Crippen molar-refractivity contribution in [1.29, 1.82) is 0 Å². The molecule has 0 spiro atoms. The summed E-state index contributed by atoms with van der Waals surface area (Å²) in [6, 6.07) is 11.1. The molecule has 2 aromatic carbocycles. The van der Waals surface area contributed by atoms with Gasteiger partial charge >= 0.3 is 0 Å². The highest BCUT2D eigenvalue weighted by Gasteiger charge is 2.10. The predicted octanol–water partition coefficient (Wildman–Crippen LogP) is 4.72. The second-order valence-corrected chi connectivity index (χ2v) is 6.44. The van der Waals surface area contributed by atoms with Gasteiger partial charge in [-0.2, -0.15) is 0 Å². The summed E-state index contributed by atoms with van der Waals surface area (Å²) in [5, 5.41) is 0. The summed E-state index contributed by atoms with van der Waals surface area (Å²) >= 11 is 1.75. The molecule has 0 aromatic heterocycles. The standard InChI is InChI=1S/C20H22O4S/c1-5-25-16-9-6-14(7-10-16)17(21)11-8-15-12-19(23-3)20(24-4)13-18(15)22-2/h6-13H,5H2,1-4H3. The van der Waals surface area contributed by atoms with Gasteiger partial charge in [-0.25, -0.2) is 0 Å². The highest BCUT2D eigenvalue weighted by molar-refractivity contribution is 7.99. The monoisotopic (exact) mass is 358 g/mol. The van der Waals surface area contributed by atoms with Crippen molar-refractivity contribution in [2.45, 2.75) is 11.8 Å². The topological polar surface area (TPSA) is 44.8 Å². The van der Waals surface area contributed by atoms with Crippen molar-refractivity contribution < 1.29 is 19.0 Å². The van der Waals surface area contributed by atoms with Crippen LogP contribution in [0.25, 0.3) is 6.08 Å². The SMILES string of the molecule is CCSc1ccc(C(=O)C=Cc2cc(OC)c(OC)cc2OC)cc1. The average molecular weight is 358 g/mol. The van der Waals surface area contributed by atoms with E-state index in [1.54, 1.807) is 51.3 Å². The number of methoxy groups -OCH3 is 3. The molecule has 0 fully saturated rings. The van der Waals surface area contributed by atoms with Gasteiger partial charge in [0.05, 0.1) is 21.3 Å². The summed E-state index contributed by atoms with van der Waals surface area (Å²) in [6.45, 7) is 2.10. The molecule has 0 amide bonds. The molecule has 0 heterocycles. The zero-order chi connectivity index (χ0) is 18.2. The van der Waals surface area contributed by atoms with Gasteiger partial charge in [0.1, 0.15) is 5.75 Å². The van der Waals surface area contributed by atoms with Crippen LogP contribution in [0, 0.1) is 0 Å². The van der Waals surface area contributed by atoms with Gasteiger partial charge in [-0.05, 0) is 48.2 Å². The highest BCUT2D eigenvalue weighted by atomic mass is 32.2. The quantitative estimate of drug-likeness (QED) is 0.388. The number of carbonyl (C=O) groups excluding carboxylic acids is 1. The normalized spacial score (nSPS) is 10.7. The summed E-state index contributed by atoms with van der Waals surface area (Å²) in [4.78, 5) is 13.5. The van der Waals surface area contributed by atoms with E-state index in [-0.39, 0.29) is 5.78 Å². The van der Waals surface area contributed by atoms with Gasteiger partial charge in [-0.15, -0.1) is 11.8 Å². The third kappa shape index (κ3) is 4.79. The van der Waals surface area contributed by atoms with Gasteiger partial charge in [0.2, 0.25) is 0 Å². The van der Waals surface area contributed by atoms with Crippen LogP contribution in [0.5, 0.6) is 17.2 Å². The molecule has 4 nitrogen and oxygen atoms in total. The van der Waals surface area contributed by atoms with Crippen LogP contribution in [0.3, 0.4) is 0 Å². The Balaban J connectivity index is 2.23. The number of hydrogen-bond donors (Lipinski definition) is 0. The van der Waals surface area contributed by atoms with Crippen molar-refractivity contribution >= 4 is 23.6 Å². The van der Waals surface area contributed by atoms with E-state index >= 15 is 0 Å². The Labute approximate surface area is 152 Å². The molecule has 0 aliphatic rings. The summed E-state index contributed by atoms with van der Waals surface area (Å²) < 4.78 is 15.9. The minimum Gasteiger partial charge on any atom is -0.496 e. The molecule has 0 atom stereocenters. The number of ether oxygens (including phenoxy) is 3. The van der Waals surface area contributed by atoms with E-state index in [4.69, 9.17) is 14.2 Å². The number of hydrogen-bond acceptors (Lipinski definition) is 5. The van der Waals surface area contributed by atoms with Crippen LogP contribution in [0.1, 0.15) is 22.8 Å². The molecule has 2 rings (SSSR count). The molecule has 132 valence electrons. The van der Waals surface area contributed by atoms with E-state index < -0.39 is 0 Å². The molecule has 0 aliphatic heterocycles. The third-order valence-electron chi connectivity index (χ3n) is 3.60. The lowest BCUT2D eigenvalue weighted by molar-refractivity contribution is 0.104. The first kappa shape index (κ1) is 18.9. The Morgan fingerprint density at radius 2 is 1.56 bits per heavy atom. The zero-order valence-electron chi connectivity index (χ0n) is 14.9. The van der Waals surface area contributed by atoms with Gasteiger partial charge in [0.25, 0.3) is 0 Å². The maximum Gasteiger partial charge on any atom is 0.185 e. The number of allylic oxidation sites excluding steroid dienone is 1. The van der Waals surface area contributed by atoms with E-state index in [1.165, 1.54) is 6.08 Å². The van der Waals surface area contributed by atoms with Crippen molar-refractivity contribution in [3.63, 3.8) is 0 Å². The Kier molecular flexibility index (Phi) is 6.95. The molecular formula is C20H22O4S. The van der Waals surface area contributed by atoms with Crippen LogP contribution in [-0.4, -0.2) is 32.9 Å². The van der Waals surface area contributed by atoms with Crippen LogP contribution in [0.15, 0.2) is 47.4 Å². The lowest BCUT2D eigenvalue weighted by Gasteiger charge is -2.12. The van der Waals surface area contributed by atoms with Gasteiger partial charge in [-0.3, -0.25) is 4.79 Å². The number of thioether (sulfide) groups is 1. The maximum absolute atomic E-state index is 12.4. The van der Waals surface area contributed by atoms with Gasteiger partial charge in [-0.1, -0.05) is 6.92 Å². The van der Waals surface area contributed by atoms with Crippen LogP contribution < -0.4 is 14.2 Å². The first-order valence-electron chi connectivity index (χ1n) is 7.88.